The zero-order valence-electron chi connectivity index (χ0n) is 14.9. The third kappa shape index (κ3) is 6.77. The Hall–Kier alpha value is -1.10. The Bertz CT molecular complexity index is 377. The molecule has 5 nitrogen and oxygen atoms in total. The van der Waals surface area contributed by atoms with E-state index >= 15 is 0 Å². The molecule has 1 aliphatic heterocycles. The Kier molecular flexibility index (Phi) is 7.33. The Balaban J connectivity index is 2.56. The van der Waals surface area contributed by atoms with E-state index in [1.807, 2.05) is 20.8 Å². The number of hydrogen-bond acceptors (Lipinski definition) is 3. The first-order valence-electron chi connectivity index (χ1n) is 8.50. The molecule has 1 fully saturated rings. The summed E-state index contributed by atoms with van der Waals surface area (Å²) in [5.41, 5.74) is -0.348. The van der Waals surface area contributed by atoms with Crippen molar-refractivity contribution in [3.8, 4) is 0 Å². The highest BCUT2D eigenvalue weighted by Gasteiger charge is 2.30. The number of carbonyl (C=O) groups excluding carboxylic acids is 2. The highest BCUT2D eigenvalue weighted by atomic mass is 16.2. The van der Waals surface area contributed by atoms with E-state index in [1.54, 1.807) is 6.92 Å². The second-order valence-corrected chi connectivity index (χ2v) is 7.55. The molecule has 22 heavy (non-hydrogen) atoms. The summed E-state index contributed by atoms with van der Waals surface area (Å²) in [7, 11) is 0. The van der Waals surface area contributed by atoms with Crippen LogP contribution in [0.3, 0.4) is 0 Å². The van der Waals surface area contributed by atoms with E-state index in [2.05, 4.69) is 22.5 Å². The van der Waals surface area contributed by atoms with E-state index in [0.717, 1.165) is 26.1 Å². The van der Waals surface area contributed by atoms with Crippen LogP contribution < -0.4 is 10.6 Å². The number of hydrogen-bond donors (Lipinski definition) is 2. The van der Waals surface area contributed by atoms with Crippen LogP contribution in [0.2, 0.25) is 0 Å². The number of rotatable bonds is 6. The van der Waals surface area contributed by atoms with Gasteiger partial charge in [0, 0.05) is 44.6 Å². The van der Waals surface area contributed by atoms with Crippen LogP contribution in [0, 0.1) is 11.3 Å². The van der Waals surface area contributed by atoms with E-state index in [-0.39, 0.29) is 23.3 Å². The molecule has 128 valence electrons. The molecule has 2 unspecified atom stereocenters. The molecule has 1 aliphatic rings. The molecule has 2 amide bonds. The molecular formula is C17H33N3O2. The Morgan fingerprint density at radius 3 is 2.45 bits per heavy atom. The third-order valence-corrected chi connectivity index (χ3v) is 4.13. The predicted octanol–water partition coefficient (Wildman–Crippen LogP) is 1.78. The normalized spacial score (nSPS) is 23.1. The van der Waals surface area contributed by atoms with Gasteiger partial charge in [-0.25, -0.2) is 0 Å². The smallest absolute Gasteiger partial charge is 0.225 e. The summed E-state index contributed by atoms with van der Waals surface area (Å²) < 4.78 is 0. The minimum absolute atomic E-state index is 0.0136. The summed E-state index contributed by atoms with van der Waals surface area (Å²) in [6.45, 7) is 13.1. The van der Waals surface area contributed by atoms with Crippen molar-refractivity contribution in [2.75, 3.05) is 26.2 Å². The van der Waals surface area contributed by atoms with Crippen LogP contribution in [-0.2, 0) is 9.59 Å². The molecule has 2 N–H and O–H groups in total. The number of carbonyl (C=O) groups is 2. The number of nitrogens with one attached hydrogen (secondary N) is 2. The van der Waals surface area contributed by atoms with Gasteiger partial charge in [0.1, 0.15) is 0 Å². The second kappa shape index (κ2) is 8.51. The lowest BCUT2D eigenvalue weighted by Crippen LogP contribution is -2.53. The maximum absolute atomic E-state index is 12.2. The molecule has 5 heteroatoms. The van der Waals surface area contributed by atoms with Gasteiger partial charge in [-0.3, -0.25) is 14.5 Å². The molecule has 0 aromatic rings. The van der Waals surface area contributed by atoms with Crippen molar-refractivity contribution >= 4 is 11.8 Å². The summed E-state index contributed by atoms with van der Waals surface area (Å²) in [5.74, 6) is 0.762. The van der Waals surface area contributed by atoms with Crippen LogP contribution in [0.4, 0.5) is 0 Å². The molecule has 1 saturated heterocycles. The van der Waals surface area contributed by atoms with E-state index in [1.165, 1.54) is 12.8 Å². The quantitative estimate of drug-likeness (QED) is 0.786. The highest BCUT2D eigenvalue weighted by molar-refractivity contribution is 5.81. The monoisotopic (exact) mass is 311 g/mol. The molecule has 0 aromatic heterocycles. The van der Waals surface area contributed by atoms with Gasteiger partial charge in [0.2, 0.25) is 11.8 Å². The highest BCUT2D eigenvalue weighted by Crippen LogP contribution is 2.22. The molecule has 0 aromatic carbocycles. The average molecular weight is 311 g/mol. The molecule has 0 radical (unpaired) electrons. The minimum Gasteiger partial charge on any atom is -0.355 e. The van der Waals surface area contributed by atoms with Crippen LogP contribution >= 0.6 is 0 Å². The lowest BCUT2D eigenvalue weighted by molar-refractivity contribution is -0.129. The largest absolute Gasteiger partial charge is 0.355 e. The van der Waals surface area contributed by atoms with E-state index in [0.29, 0.717) is 12.5 Å². The van der Waals surface area contributed by atoms with Gasteiger partial charge < -0.3 is 10.6 Å². The number of amides is 2. The first-order valence-corrected chi connectivity index (χ1v) is 8.50. The molecule has 0 saturated carbocycles. The van der Waals surface area contributed by atoms with Crippen molar-refractivity contribution in [3.63, 3.8) is 0 Å². The number of likely N-dealkylation sites (tertiary alicyclic amines) is 1. The summed E-state index contributed by atoms with van der Waals surface area (Å²) >= 11 is 0. The molecule has 0 spiro atoms. The first kappa shape index (κ1) is 18.9. The average Bonchev–Trinajstić information content (AvgIpc) is 2.37. The molecule has 2 atom stereocenters. The van der Waals surface area contributed by atoms with Crippen LogP contribution in [0.1, 0.15) is 53.9 Å². The minimum atomic E-state index is -0.348. The van der Waals surface area contributed by atoms with Gasteiger partial charge in [0.15, 0.2) is 0 Å². The van der Waals surface area contributed by atoms with E-state index < -0.39 is 0 Å². The van der Waals surface area contributed by atoms with Gasteiger partial charge in [-0.05, 0) is 18.8 Å². The Morgan fingerprint density at radius 2 is 1.91 bits per heavy atom. The van der Waals surface area contributed by atoms with Crippen molar-refractivity contribution in [2.45, 2.75) is 59.9 Å². The van der Waals surface area contributed by atoms with Gasteiger partial charge in [-0.2, -0.15) is 0 Å². The fourth-order valence-corrected chi connectivity index (χ4v) is 3.00. The van der Waals surface area contributed by atoms with Crippen LogP contribution in [-0.4, -0.2) is 48.9 Å². The van der Waals surface area contributed by atoms with Crippen LogP contribution in [0.25, 0.3) is 0 Å². The summed E-state index contributed by atoms with van der Waals surface area (Å²) in [6.07, 6.45) is 3.43. The number of piperidine rings is 1. The first-order chi connectivity index (χ1) is 10.2. The standard InChI is InChI=1S/C17H33N3O2/c1-6-7-14-10-15(19-16(22)17(3,4)5)12-20(11-14)9-8-18-13(2)21/h14-15H,6-12H2,1-5H3,(H,18,21)(H,19,22). The fraction of sp³-hybridized carbons (Fsp3) is 0.882. The third-order valence-electron chi connectivity index (χ3n) is 4.13. The lowest BCUT2D eigenvalue weighted by Gasteiger charge is -2.39. The van der Waals surface area contributed by atoms with Crippen molar-refractivity contribution < 1.29 is 9.59 Å². The Labute approximate surface area is 135 Å². The molecule has 0 aliphatic carbocycles. The maximum Gasteiger partial charge on any atom is 0.225 e. The molecule has 1 rings (SSSR count). The van der Waals surface area contributed by atoms with Crippen molar-refractivity contribution in [1.82, 2.24) is 15.5 Å². The van der Waals surface area contributed by atoms with Crippen molar-refractivity contribution in [1.29, 1.82) is 0 Å². The fourth-order valence-electron chi connectivity index (χ4n) is 3.00. The van der Waals surface area contributed by atoms with E-state index in [4.69, 9.17) is 0 Å². The summed E-state index contributed by atoms with van der Waals surface area (Å²) in [4.78, 5) is 25.6. The zero-order chi connectivity index (χ0) is 16.8. The summed E-state index contributed by atoms with van der Waals surface area (Å²) in [5, 5.41) is 6.06. The van der Waals surface area contributed by atoms with Crippen molar-refractivity contribution in [2.24, 2.45) is 11.3 Å². The SMILES string of the molecule is CCCC1CC(NC(=O)C(C)(C)C)CN(CCNC(C)=O)C1. The van der Waals surface area contributed by atoms with Gasteiger partial charge in [0.25, 0.3) is 0 Å². The topological polar surface area (TPSA) is 61.4 Å². The summed E-state index contributed by atoms with van der Waals surface area (Å²) in [6, 6.07) is 0.217. The molecule has 0 bridgehead atoms. The predicted molar refractivity (Wildman–Crippen MR) is 89.5 cm³/mol. The lowest BCUT2D eigenvalue weighted by atomic mass is 9.89. The maximum atomic E-state index is 12.2. The second-order valence-electron chi connectivity index (χ2n) is 7.55. The van der Waals surface area contributed by atoms with Gasteiger partial charge >= 0.3 is 0 Å². The van der Waals surface area contributed by atoms with Crippen LogP contribution in [0.15, 0.2) is 0 Å². The van der Waals surface area contributed by atoms with Gasteiger partial charge in [-0.1, -0.05) is 34.1 Å². The zero-order valence-corrected chi connectivity index (χ0v) is 14.9. The molecule has 1 heterocycles. The van der Waals surface area contributed by atoms with Gasteiger partial charge in [-0.15, -0.1) is 0 Å². The van der Waals surface area contributed by atoms with Crippen molar-refractivity contribution in [3.05, 3.63) is 0 Å². The Morgan fingerprint density at radius 1 is 1.23 bits per heavy atom. The van der Waals surface area contributed by atoms with Crippen LogP contribution in [0.5, 0.6) is 0 Å². The van der Waals surface area contributed by atoms with Gasteiger partial charge in [0.05, 0.1) is 0 Å². The number of nitrogens with zero attached hydrogens (tertiary/aromatic N) is 1. The van der Waals surface area contributed by atoms with E-state index in [9.17, 15) is 9.59 Å². The molecular weight excluding hydrogens is 278 g/mol.